The average Bonchev–Trinajstić information content (AvgIpc) is 2.55. The Hall–Kier alpha value is -1.39. The smallest absolute Gasteiger partial charge is 0.359 e. The van der Waals surface area contributed by atoms with E-state index in [0.717, 1.165) is 6.20 Å². The summed E-state index contributed by atoms with van der Waals surface area (Å²) in [5.74, 6) is -1.41. The Morgan fingerprint density at radius 1 is 1.69 bits per heavy atom. The van der Waals surface area contributed by atoms with Gasteiger partial charge in [0.05, 0.1) is 12.8 Å². The van der Waals surface area contributed by atoms with Gasteiger partial charge in [0.1, 0.15) is 0 Å². The van der Waals surface area contributed by atoms with E-state index < -0.39 is 11.8 Å². The van der Waals surface area contributed by atoms with Gasteiger partial charge in [-0.3, -0.25) is 5.10 Å². The van der Waals surface area contributed by atoms with Crippen molar-refractivity contribution in [1.29, 1.82) is 0 Å². The molecule has 5 heteroatoms. The molecule has 0 bridgehead atoms. The number of ether oxygens (including phenoxy) is 1. The molecule has 0 saturated carbocycles. The minimum atomic E-state index is -0.720. The molecule has 0 unspecified atom stereocenters. The molecule has 74 valence electrons. The van der Waals surface area contributed by atoms with E-state index in [2.05, 4.69) is 14.9 Å². The highest BCUT2D eigenvalue weighted by molar-refractivity contribution is 5.87. The van der Waals surface area contributed by atoms with Crippen LogP contribution in [-0.2, 0) is 4.74 Å². The highest BCUT2D eigenvalue weighted by Crippen LogP contribution is 2.02. The number of aromatic amines is 1. The third-order valence-corrected chi connectivity index (χ3v) is 1.07. The van der Waals surface area contributed by atoms with Crippen LogP contribution in [0.3, 0.4) is 0 Å². The first-order valence-electron chi connectivity index (χ1n) is 4.11. The molecule has 0 aliphatic rings. The Morgan fingerprint density at radius 2 is 2.31 bits per heavy atom. The van der Waals surface area contributed by atoms with E-state index in [4.69, 9.17) is 0 Å². The van der Waals surface area contributed by atoms with Crippen LogP contribution in [0.5, 0.6) is 0 Å². The molecule has 0 fully saturated rings. The fourth-order valence-electron chi connectivity index (χ4n) is 0.618. The van der Waals surface area contributed by atoms with E-state index >= 15 is 0 Å². The maximum Gasteiger partial charge on any atom is 0.359 e. The van der Waals surface area contributed by atoms with Crippen molar-refractivity contribution >= 4 is 5.97 Å². The second kappa shape index (κ2) is 6.16. The summed E-state index contributed by atoms with van der Waals surface area (Å²) in [7, 11) is 0. The minimum absolute atomic E-state index is 0.220. The van der Waals surface area contributed by atoms with Gasteiger partial charge in [0.15, 0.2) is 11.5 Å². The van der Waals surface area contributed by atoms with Gasteiger partial charge in [-0.05, 0) is 6.92 Å². The van der Waals surface area contributed by atoms with Gasteiger partial charge >= 0.3 is 5.97 Å². The minimum Gasteiger partial charge on any atom is -0.461 e. The summed E-state index contributed by atoms with van der Waals surface area (Å²) in [6, 6.07) is 0. The predicted octanol–water partition coefficient (Wildman–Crippen LogP) is 1.75. The number of carbonyl (C=O) groups excluding carboxylic acids is 1. The molecule has 0 aliphatic carbocycles. The normalized spacial score (nSPS) is 8.62. The molecule has 0 aromatic carbocycles. The van der Waals surface area contributed by atoms with Crippen LogP contribution in [0.15, 0.2) is 6.20 Å². The fraction of sp³-hybridized carbons (Fsp3) is 0.500. The maximum atomic E-state index is 12.5. The van der Waals surface area contributed by atoms with Crippen molar-refractivity contribution in [2.24, 2.45) is 0 Å². The molecule has 1 heterocycles. The molecule has 0 saturated heterocycles. The number of hydrogen-bond acceptors (Lipinski definition) is 3. The molecule has 0 spiro atoms. The number of carbonyl (C=O) groups is 1. The summed E-state index contributed by atoms with van der Waals surface area (Å²) in [4.78, 5) is 10.8. The first-order chi connectivity index (χ1) is 6.25. The van der Waals surface area contributed by atoms with Crippen LogP contribution in [0, 0.1) is 5.82 Å². The van der Waals surface area contributed by atoms with E-state index in [9.17, 15) is 9.18 Å². The van der Waals surface area contributed by atoms with Crippen molar-refractivity contribution in [3.05, 3.63) is 17.7 Å². The van der Waals surface area contributed by atoms with Gasteiger partial charge in [-0.2, -0.15) is 5.10 Å². The average molecular weight is 188 g/mol. The number of H-pyrrole nitrogens is 1. The van der Waals surface area contributed by atoms with Gasteiger partial charge in [0.25, 0.3) is 0 Å². The van der Waals surface area contributed by atoms with Crippen molar-refractivity contribution < 1.29 is 13.9 Å². The molecule has 1 aromatic rings. The second-order valence-corrected chi connectivity index (χ2v) is 1.81. The number of aromatic nitrogens is 2. The van der Waals surface area contributed by atoms with Crippen molar-refractivity contribution in [3.63, 3.8) is 0 Å². The van der Waals surface area contributed by atoms with Crippen molar-refractivity contribution in [2.45, 2.75) is 20.8 Å². The van der Waals surface area contributed by atoms with Crippen LogP contribution in [0.4, 0.5) is 4.39 Å². The number of rotatable bonds is 2. The summed E-state index contributed by atoms with van der Waals surface area (Å²) in [6.07, 6.45) is 0.923. The fourth-order valence-corrected chi connectivity index (χ4v) is 0.618. The first-order valence-corrected chi connectivity index (χ1v) is 4.11. The van der Waals surface area contributed by atoms with Crippen molar-refractivity contribution in [1.82, 2.24) is 10.2 Å². The third-order valence-electron chi connectivity index (χ3n) is 1.07. The number of nitrogens with one attached hydrogen (secondary N) is 1. The lowest BCUT2D eigenvalue weighted by molar-refractivity contribution is 0.0514. The van der Waals surface area contributed by atoms with Crippen LogP contribution in [0.25, 0.3) is 0 Å². The zero-order valence-electron chi connectivity index (χ0n) is 7.93. The molecule has 1 aromatic heterocycles. The topological polar surface area (TPSA) is 55.0 Å². The lowest BCUT2D eigenvalue weighted by Gasteiger charge is -1.96. The molecule has 4 nitrogen and oxygen atoms in total. The lowest BCUT2D eigenvalue weighted by Crippen LogP contribution is -2.06. The van der Waals surface area contributed by atoms with Gasteiger partial charge < -0.3 is 4.74 Å². The predicted molar refractivity (Wildman–Crippen MR) is 45.9 cm³/mol. The Morgan fingerprint density at radius 3 is 2.69 bits per heavy atom. The molecule has 0 atom stereocenters. The van der Waals surface area contributed by atoms with Gasteiger partial charge in [-0.1, -0.05) is 13.8 Å². The van der Waals surface area contributed by atoms with Gasteiger partial charge in [0.2, 0.25) is 0 Å². The van der Waals surface area contributed by atoms with Crippen molar-refractivity contribution in [3.8, 4) is 0 Å². The molecular weight excluding hydrogens is 175 g/mol. The van der Waals surface area contributed by atoms with E-state index in [1.54, 1.807) is 6.92 Å². The Bertz CT molecular complexity index is 260. The summed E-state index contributed by atoms with van der Waals surface area (Å²) < 4.78 is 17.0. The molecular formula is C8H13FN2O2. The Balaban J connectivity index is 0.000000671. The molecule has 0 amide bonds. The van der Waals surface area contributed by atoms with E-state index in [-0.39, 0.29) is 12.3 Å². The second-order valence-electron chi connectivity index (χ2n) is 1.81. The number of nitrogens with zero attached hydrogens (tertiary/aromatic N) is 1. The molecule has 0 radical (unpaired) electrons. The van der Waals surface area contributed by atoms with E-state index in [1.165, 1.54) is 0 Å². The standard InChI is InChI=1S/C6H7FN2O2.C2H6/c1-2-11-6(10)5-4(7)3-8-9-5;1-2/h3H,2H2,1H3,(H,8,9);1-2H3. The van der Waals surface area contributed by atoms with Gasteiger partial charge in [-0.25, -0.2) is 9.18 Å². The maximum absolute atomic E-state index is 12.5. The van der Waals surface area contributed by atoms with Gasteiger partial charge in [0, 0.05) is 0 Å². The number of hydrogen-bond donors (Lipinski definition) is 1. The first kappa shape index (κ1) is 11.6. The van der Waals surface area contributed by atoms with E-state index in [1.807, 2.05) is 13.8 Å². The number of esters is 1. The lowest BCUT2D eigenvalue weighted by atomic mass is 10.4. The highest BCUT2D eigenvalue weighted by atomic mass is 19.1. The van der Waals surface area contributed by atoms with Crippen LogP contribution in [-0.4, -0.2) is 22.8 Å². The van der Waals surface area contributed by atoms with Crippen LogP contribution >= 0.6 is 0 Å². The highest BCUT2D eigenvalue weighted by Gasteiger charge is 2.13. The van der Waals surface area contributed by atoms with Crippen LogP contribution < -0.4 is 0 Å². The monoisotopic (exact) mass is 188 g/mol. The Labute approximate surface area is 76.1 Å². The van der Waals surface area contributed by atoms with Crippen LogP contribution in [0.1, 0.15) is 31.3 Å². The third kappa shape index (κ3) is 3.23. The summed E-state index contributed by atoms with van der Waals surface area (Å²) in [6.45, 7) is 5.86. The molecule has 1 rings (SSSR count). The molecule has 13 heavy (non-hydrogen) atoms. The summed E-state index contributed by atoms with van der Waals surface area (Å²) in [5.41, 5.74) is -0.230. The largest absolute Gasteiger partial charge is 0.461 e. The zero-order valence-corrected chi connectivity index (χ0v) is 7.93. The SMILES string of the molecule is CC.CCOC(=O)c1[nH]ncc1F. The Kier molecular flexibility index (Phi) is 5.50. The summed E-state index contributed by atoms with van der Waals surface area (Å²) in [5, 5.41) is 5.51. The van der Waals surface area contributed by atoms with Gasteiger partial charge in [-0.15, -0.1) is 0 Å². The molecule has 0 aliphatic heterocycles. The zero-order chi connectivity index (χ0) is 10.3. The molecule has 1 N–H and O–H groups in total. The van der Waals surface area contributed by atoms with Crippen LogP contribution in [0.2, 0.25) is 0 Å². The summed E-state index contributed by atoms with van der Waals surface area (Å²) >= 11 is 0. The van der Waals surface area contributed by atoms with E-state index in [0.29, 0.717) is 0 Å². The number of halogens is 1. The van der Waals surface area contributed by atoms with Crippen molar-refractivity contribution in [2.75, 3.05) is 6.61 Å². The quantitative estimate of drug-likeness (QED) is 0.719.